The normalized spacial score (nSPS) is 12.6. The van der Waals surface area contributed by atoms with E-state index in [2.05, 4.69) is 31.3 Å². The molecule has 0 spiro atoms. The molecule has 6 heteroatoms. The van der Waals surface area contributed by atoms with Crippen molar-refractivity contribution in [3.05, 3.63) is 12.2 Å². The van der Waals surface area contributed by atoms with Crippen LogP contribution in [0.3, 0.4) is 0 Å². The van der Waals surface area contributed by atoms with E-state index in [4.69, 9.17) is 4.74 Å². The van der Waals surface area contributed by atoms with E-state index in [0.29, 0.717) is 25.9 Å². The Morgan fingerprint density at radius 3 is 1.00 bits per heavy atom. The number of nitrogens with one attached hydrogen (secondary N) is 1. The maximum absolute atomic E-state index is 12.4. The largest absolute Gasteiger partial charge is 0.466 e. The van der Waals surface area contributed by atoms with Crippen LogP contribution in [0.5, 0.6) is 0 Å². The van der Waals surface area contributed by atoms with Gasteiger partial charge in [0.15, 0.2) is 0 Å². The molecule has 0 aromatic carbocycles. The first-order valence-corrected chi connectivity index (χ1v) is 32.4. The lowest BCUT2D eigenvalue weighted by molar-refractivity contribution is -0.143. The van der Waals surface area contributed by atoms with E-state index in [1.165, 1.54) is 289 Å². The molecule has 0 aliphatic carbocycles. The number of rotatable bonds is 61. The van der Waals surface area contributed by atoms with E-state index in [9.17, 15) is 19.8 Å². The molecule has 0 bridgehead atoms. The molecule has 0 aliphatic heterocycles. The van der Waals surface area contributed by atoms with Crippen molar-refractivity contribution in [2.75, 3.05) is 13.2 Å². The summed E-state index contributed by atoms with van der Waals surface area (Å²) in [5.74, 6) is -0.0166. The average molecular weight is 1000 g/mol. The highest BCUT2D eigenvalue weighted by molar-refractivity contribution is 5.76. The minimum Gasteiger partial charge on any atom is -0.466 e. The van der Waals surface area contributed by atoms with Crippen molar-refractivity contribution in [2.45, 2.75) is 379 Å². The van der Waals surface area contributed by atoms with Crippen LogP contribution >= 0.6 is 0 Å². The zero-order valence-corrected chi connectivity index (χ0v) is 48.2. The van der Waals surface area contributed by atoms with Gasteiger partial charge < -0.3 is 20.3 Å². The van der Waals surface area contributed by atoms with Crippen LogP contribution in [0, 0.1) is 0 Å². The lowest BCUT2D eigenvalue weighted by atomic mass is 10.0. The van der Waals surface area contributed by atoms with Crippen LogP contribution in [0.2, 0.25) is 0 Å². The standard InChI is InChI=1S/C65H127NO5/c1-3-5-7-9-11-13-14-15-16-29-33-36-39-43-47-51-55-59-65(70)71-60-56-52-48-44-40-37-34-31-28-26-24-22-20-18-17-19-21-23-25-27-30-32-35-38-42-46-50-54-58-64(69)66-62(61-67)63(68)57-53-49-45-41-12-10-8-6-4-2/h15-16,62-63,67-68H,3-14,17-61H2,1-2H3,(H,66,69)/b16-15-. The maximum Gasteiger partial charge on any atom is 0.305 e. The number of aliphatic hydroxyl groups excluding tert-OH is 2. The topological polar surface area (TPSA) is 95.9 Å². The summed E-state index contributed by atoms with van der Waals surface area (Å²) in [6.07, 6.45) is 74.0. The van der Waals surface area contributed by atoms with Crippen molar-refractivity contribution < 1.29 is 24.5 Å². The van der Waals surface area contributed by atoms with Gasteiger partial charge in [-0.1, -0.05) is 315 Å². The average Bonchev–Trinajstić information content (AvgIpc) is 3.37. The molecule has 2 unspecified atom stereocenters. The first kappa shape index (κ1) is 69.6. The summed E-state index contributed by atoms with van der Waals surface area (Å²) in [4.78, 5) is 24.5. The highest BCUT2D eigenvalue weighted by atomic mass is 16.5. The van der Waals surface area contributed by atoms with E-state index in [0.717, 1.165) is 44.9 Å². The van der Waals surface area contributed by atoms with Crippen molar-refractivity contribution in [3.8, 4) is 0 Å². The minimum absolute atomic E-state index is 0.0160. The third kappa shape index (κ3) is 57.7. The zero-order chi connectivity index (χ0) is 51.4. The summed E-state index contributed by atoms with van der Waals surface area (Å²) in [5, 5.41) is 23.1. The molecule has 1 amide bonds. The van der Waals surface area contributed by atoms with Gasteiger partial charge in [0.2, 0.25) is 5.91 Å². The lowest BCUT2D eigenvalue weighted by Gasteiger charge is -2.22. The van der Waals surface area contributed by atoms with Gasteiger partial charge in [0.25, 0.3) is 0 Å². The quantitative estimate of drug-likeness (QED) is 0.0320. The van der Waals surface area contributed by atoms with Crippen molar-refractivity contribution in [2.24, 2.45) is 0 Å². The number of hydrogen-bond acceptors (Lipinski definition) is 5. The Morgan fingerprint density at radius 2 is 0.662 bits per heavy atom. The Kier molecular flexibility index (Phi) is 59.9. The van der Waals surface area contributed by atoms with Gasteiger partial charge in [0, 0.05) is 12.8 Å². The van der Waals surface area contributed by atoms with Gasteiger partial charge >= 0.3 is 5.97 Å². The van der Waals surface area contributed by atoms with E-state index in [1.807, 2.05) is 0 Å². The fraction of sp³-hybridized carbons (Fsp3) is 0.938. The highest BCUT2D eigenvalue weighted by Gasteiger charge is 2.20. The van der Waals surface area contributed by atoms with Crippen molar-refractivity contribution >= 4 is 11.9 Å². The number of unbranched alkanes of at least 4 members (excludes halogenated alkanes) is 48. The lowest BCUT2D eigenvalue weighted by Crippen LogP contribution is -2.45. The number of carbonyl (C=O) groups is 2. The molecular weight excluding hydrogens is 875 g/mol. The molecule has 0 fully saturated rings. The Hall–Kier alpha value is -1.40. The Labute approximate surface area is 444 Å². The van der Waals surface area contributed by atoms with E-state index in [1.54, 1.807) is 0 Å². The molecule has 0 radical (unpaired) electrons. The molecule has 2 atom stereocenters. The van der Waals surface area contributed by atoms with Crippen LogP contribution in [0.4, 0.5) is 0 Å². The van der Waals surface area contributed by atoms with Crippen LogP contribution in [0.15, 0.2) is 12.2 Å². The van der Waals surface area contributed by atoms with Gasteiger partial charge in [-0.2, -0.15) is 0 Å². The SMILES string of the molecule is CCCCCCCC/C=C\CCCCCCCCCC(=O)OCCCCCCCCCCCCCCCCCCCCCCCCCCCCCCC(=O)NC(CO)C(O)CCCCCCCCCCC. The maximum atomic E-state index is 12.4. The molecule has 422 valence electrons. The summed E-state index contributed by atoms with van der Waals surface area (Å²) in [7, 11) is 0. The summed E-state index contributed by atoms with van der Waals surface area (Å²) < 4.78 is 5.50. The third-order valence-electron chi connectivity index (χ3n) is 15.3. The smallest absolute Gasteiger partial charge is 0.305 e. The molecule has 71 heavy (non-hydrogen) atoms. The molecule has 0 saturated carbocycles. The summed E-state index contributed by atoms with van der Waals surface area (Å²) >= 11 is 0. The van der Waals surface area contributed by atoms with E-state index < -0.39 is 12.1 Å². The monoisotopic (exact) mass is 1000 g/mol. The number of ether oxygens (including phenoxy) is 1. The molecule has 3 N–H and O–H groups in total. The molecule has 0 heterocycles. The van der Waals surface area contributed by atoms with E-state index in [-0.39, 0.29) is 18.5 Å². The second-order valence-corrected chi connectivity index (χ2v) is 22.5. The van der Waals surface area contributed by atoms with Crippen molar-refractivity contribution in [3.63, 3.8) is 0 Å². The van der Waals surface area contributed by atoms with Crippen LogP contribution < -0.4 is 5.32 Å². The summed E-state index contributed by atoms with van der Waals surface area (Å²) in [6, 6.07) is -0.536. The number of carbonyl (C=O) groups excluding carboxylic acids is 2. The Morgan fingerprint density at radius 1 is 0.380 bits per heavy atom. The predicted molar refractivity (Wildman–Crippen MR) is 310 cm³/mol. The molecule has 0 saturated heterocycles. The molecule has 0 rings (SSSR count). The summed E-state index contributed by atoms with van der Waals surface area (Å²) in [5.41, 5.74) is 0. The number of aliphatic hydroxyl groups is 2. The summed E-state index contributed by atoms with van der Waals surface area (Å²) in [6.45, 7) is 4.95. The van der Waals surface area contributed by atoms with Gasteiger partial charge in [-0.25, -0.2) is 0 Å². The molecule has 0 aromatic heterocycles. The number of esters is 1. The first-order valence-electron chi connectivity index (χ1n) is 32.4. The van der Waals surface area contributed by atoms with Gasteiger partial charge in [0.1, 0.15) is 0 Å². The van der Waals surface area contributed by atoms with Gasteiger partial charge in [-0.15, -0.1) is 0 Å². The number of amides is 1. The predicted octanol–water partition coefficient (Wildman–Crippen LogP) is 20.4. The second kappa shape index (κ2) is 61.1. The molecule has 0 aliphatic rings. The zero-order valence-electron chi connectivity index (χ0n) is 48.2. The van der Waals surface area contributed by atoms with Crippen LogP contribution in [0.25, 0.3) is 0 Å². The van der Waals surface area contributed by atoms with Gasteiger partial charge in [-0.05, 0) is 51.4 Å². The Bertz CT molecular complexity index is 1060. The molecule has 0 aromatic rings. The van der Waals surface area contributed by atoms with E-state index >= 15 is 0 Å². The number of allylic oxidation sites excluding steroid dienone is 2. The fourth-order valence-electron chi connectivity index (χ4n) is 10.3. The van der Waals surface area contributed by atoms with Crippen molar-refractivity contribution in [1.82, 2.24) is 5.32 Å². The van der Waals surface area contributed by atoms with Crippen LogP contribution in [-0.4, -0.2) is 47.4 Å². The van der Waals surface area contributed by atoms with Crippen molar-refractivity contribution in [1.29, 1.82) is 0 Å². The third-order valence-corrected chi connectivity index (χ3v) is 15.3. The Balaban J connectivity index is 3.29. The number of hydrogen-bond donors (Lipinski definition) is 3. The first-order chi connectivity index (χ1) is 35.0. The second-order valence-electron chi connectivity index (χ2n) is 22.5. The van der Waals surface area contributed by atoms with Crippen LogP contribution in [-0.2, 0) is 14.3 Å². The van der Waals surface area contributed by atoms with Gasteiger partial charge in [-0.3, -0.25) is 9.59 Å². The van der Waals surface area contributed by atoms with Crippen LogP contribution in [0.1, 0.15) is 367 Å². The fourth-order valence-corrected chi connectivity index (χ4v) is 10.3. The molecular formula is C65H127NO5. The minimum atomic E-state index is -0.659. The highest BCUT2D eigenvalue weighted by Crippen LogP contribution is 2.18. The molecule has 6 nitrogen and oxygen atoms in total. The van der Waals surface area contributed by atoms with Gasteiger partial charge in [0.05, 0.1) is 25.4 Å².